The zero-order valence-electron chi connectivity index (χ0n) is 42.5. The summed E-state index contributed by atoms with van der Waals surface area (Å²) < 4.78 is 2.31. The maximum Gasteiger partial charge on any atom is 0.0540 e. The van der Waals surface area contributed by atoms with Crippen molar-refractivity contribution in [3.8, 4) is 0 Å². The number of hydrogen-bond donors (Lipinski definition) is 1. The van der Waals surface area contributed by atoms with Gasteiger partial charge in [0, 0.05) is 53.8 Å². The molecule has 0 aromatic heterocycles. The van der Waals surface area contributed by atoms with E-state index in [1.54, 1.807) is 0 Å². The zero-order chi connectivity index (χ0) is 51.7. The Hall–Kier alpha value is -8.48. The molecular formula is C71H53Br2N3. The maximum absolute atomic E-state index is 3.65. The molecule has 0 saturated heterocycles. The molecule has 0 saturated carbocycles. The normalized spacial score (nSPS) is 11.2. The fourth-order valence-corrected chi connectivity index (χ4v) is 11.5. The van der Waals surface area contributed by atoms with Gasteiger partial charge in [0.05, 0.1) is 11.4 Å². The van der Waals surface area contributed by atoms with Gasteiger partial charge in [0.2, 0.25) is 0 Å². The second-order valence-electron chi connectivity index (χ2n) is 19.5. The van der Waals surface area contributed by atoms with E-state index in [0.717, 1.165) is 43.1 Å². The molecule has 5 heteroatoms. The Bertz CT molecular complexity index is 4040. The van der Waals surface area contributed by atoms with Crippen LogP contribution in [-0.4, -0.2) is 0 Å². The van der Waals surface area contributed by atoms with Gasteiger partial charge < -0.3 is 15.1 Å². The lowest BCUT2D eigenvalue weighted by Crippen LogP contribution is -2.11. The highest BCUT2D eigenvalue weighted by molar-refractivity contribution is 9.11. The van der Waals surface area contributed by atoms with Crippen molar-refractivity contribution in [2.75, 3.05) is 15.1 Å². The number of rotatable bonds is 8. The van der Waals surface area contributed by atoms with Crippen LogP contribution in [0.2, 0.25) is 0 Å². The van der Waals surface area contributed by atoms with Crippen LogP contribution < -0.4 is 15.1 Å². The van der Waals surface area contributed by atoms with Crippen molar-refractivity contribution >= 4 is 142 Å². The van der Waals surface area contributed by atoms with Crippen molar-refractivity contribution in [1.29, 1.82) is 0 Å². The molecule has 0 aliphatic rings. The molecular weight excluding hydrogens is 1050 g/mol. The van der Waals surface area contributed by atoms with Gasteiger partial charge in [0.15, 0.2) is 0 Å². The molecule has 1 N–H and O–H groups in total. The molecule has 14 aromatic carbocycles. The van der Waals surface area contributed by atoms with Crippen molar-refractivity contribution in [2.24, 2.45) is 0 Å². The number of aryl methyl sites for hydroxylation is 3. The summed E-state index contributed by atoms with van der Waals surface area (Å²) in [5, 5.41) is 18.7. The Morgan fingerprint density at radius 3 is 0.947 bits per heavy atom. The van der Waals surface area contributed by atoms with Gasteiger partial charge in [-0.1, -0.05) is 212 Å². The van der Waals surface area contributed by atoms with Crippen LogP contribution in [0.1, 0.15) is 16.7 Å². The molecule has 76 heavy (non-hydrogen) atoms. The van der Waals surface area contributed by atoms with Gasteiger partial charge in [-0.2, -0.15) is 0 Å². The molecule has 3 nitrogen and oxygen atoms in total. The topological polar surface area (TPSA) is 18.5 Å². The third-order valence-corrected chi connectivity index (χ3v) is 15.8. The Labute approximate surface area is 461 Å². The van der Waals surface area contributed by atoms with E-state index in [0.29, 0.717) is 0 Å². The van der Waals surface area contributed by atoms with Crippen LogP contribution in [0, 0.1) is 20.8 Å². The number of nitrogens with one attached hydrogen (secondary N) is 1. The molecule has 0 heterocycles. The number of benzene rings is 14. The van der Waals surface area contributed by atoms with Gasteiger partial charge in [-0.05, 0) is 172 Å². The lowest BCUT2D eigenvalue weighted by atomic mass is 9.91. The zero-order valence-corrected chi connectivity index (χ0v) is 45.6. The third-order valence-electron chi connectivity index (χ3n) is 14.4. The van der Waals surface area contributed by atoms with Gasteiger partial charge >= 0.3 is 0 Å². The predicted octanol–water partition coefficient (Wildman–Crippen LogP) is 22.0. The van der Waals surface area contributed by atoms with E-state index in [1.807, 2.05) is 18.2 Å². The molecule has 0 atom stereocenters. The smallest absolute Gasteiger partial charge is 0.0540 e. The molecule has 14 rings (SSSR count). The van der Waals surface area contributed by atoms with E-state index in [-0.39, 0.29) is 0 Å². The number of para-hydroxylation sites is 3. The number of halogens is 2. The van der Waals surface area contributed by atoms with Crippen LogP contribution in [0.15, 0.2) is 270 Å². The molecule has 14 aromatic rings. The molecule has 0 unspecified atom stereocenters. The van der Waals surface area contributed by atoms with Gasteiger partial charge in [-0.15, -0.1) is 0 Å². The van der Waals surface area contributed by atoms with Crippen molar-refractivity contribution in [3.05, 3.63) is 286 Å². The predicted molar refractivity (Wildman–Crippen MR) is 335 cm³/mol. The lowest BCUT2D eigenvalue weighted by Gasteiger charge is -2.29. The van der Waals surface area contributed by atoms with E-state index >= 15 is 0 Å². The molecule has 0 aliphatic carbocycles. The van der Waals surface area contributed by atoms with E-state index < -0.39 is 0 Å². The quantitative estimate of drug-likeness (QED) is 0.153. The standard InChI is InChI=1S/C42H32N2.C16H8Br2.C13H13N/c1-29-13-21-35(22-14-29)43(33-9-5-3-6-10-33)39-27-19-31-18-26-38-40(28-20-32-17-25-37(39)41(31)42(32)38)44(34-11-7-4-8-12-34)36-23-15-30(2)16-24-36;17-13-8-4-10-2-6-12-14(18)7-3-9-1-5-11(13)16(10)15(9)12;1-11-7-9-13(10-8-11)14-12-5-3-2-4-6-12/h3-28H,1-2H3;1-8H;2-10,14H,1H3. The fraction of sp³-hybridized carbons (Fsp3) is 0.0423. The summed E-state index contributed by atoms with van der Waals surface area (Å²) in [6.07, 6.45) is 0. The van der Waals surface area contributed by atoms with Crippen LogP contribution >= 0.6 is 31.9 Å². The Balaban J connectivity index is 0.000000147. The fourth-order valence-electron chi connectivity index (χ4n) is 10.6. The summed E-state index contributed by atoms with van der Waals surface area (Å²) in [7, 11) is 0. The molecule has 366 valence electrons. The van der Waals surface area contributed by atoms with Gasteiger partial charge in [-0.25, -0.2) is 0 Å². The van der Waals surface area contributed by atoms with E-state index in [1.165, 1.54) is 92.7 Å². The van der Waals surface area contributed by atoms with Crippen LogP contribution in [0.25, 0.3) is 64.6 Å². The highest BCUT2D eigenvalue weighted by Gasteiger charge is 2.22. The first-order valence-corrected chi connectivity index (χ1v) is 27.3. The Kier molecular flexibility index (Phi) is 13.4. The average molecular weight is 1110 g/mol. The molecule has 0 spiro atoms. The summed E-state index contributed by atoms with van der Waals surface area (Å²) in [5.41, 5.74) is 12.9. The van der Waals surface area contributed by atoms with Crippen LogP contribution in [0.4, 0.5) is 45.5 Å². The number of nitrogens with zero attached hydrogens (tertiary/aromatic N) is 2. The molecule has 0 amide bonds. The highest BCUT2D eigenvalue weighted by atomic mass is 79.9. The van der Waals surface area contributed by atoms with E-state index in [4.69, 9.17) is 0 Å². The highest BCUT2D eigenvalue weighted by Crippen LogP contribution is 2.48. The summed E-state index contributed by atoms with van der Waals surface area (Å²) in [5.74, 6) is 0. The number of hydrogen-bond acceptors (Lipinski definition) is 3. The minimum Gasteiger partial charge on any atom is -0.356 e. The SMILES string of the molecule is Brc1ccc2ccc3c(Br)ccc4ccc1c2c43.Cc1ccc(N(c2ccccc2)c2ccc3ccc4c(N(c5ccccc5)c5ccc(C)cc5)ccc5ccc2c3c54)cc1.Cc1ccc(Nc2ccccc2)cc1. The first-order valence-electron chi connectivity index (χ1n) is 25.7. The first-order chi connectivity index (χ1) is 37.3. The van der Waals surface area contributed by atoms with Gasteiger partial charge in [0.1, 0.15) is 0 Å². The minimum atomic E-state index is 1.12. The average Bonchev–Trinajstić information content (AvgIpc) is 3.48. The van der Waals surface area contributed by atoms with Crippen molar-refractivity contribution in [3.63, 3.8) is 0 Å². The second-order valence-corrected chi connectivity index (χ2v) is 21.2. The van der Waals surface area contributed by atoms with Crippen molar-refractivity contribution in [2.45, 2.75) is 20.8 Å². The maximum atomic E-state index is 3.65. The molecule has 0 fully saturated rings. The van der Waals surface area contributed by atoms with Crippen molar-refractivity contribution in [1.82, 2.24) is 0 Å². The Morgan fingerprint density at radius 2 is 0.553 bits per heavy atom. The Morgan fingerprint density at radius 1 is 0.263 bits per heavy atom. The van der Waals surface area contributed by atoms with E-state index in [2.05, 4.69) is 310 Å². The monoisotopic (exact) mass is 1110 g/mol. The van der Waals surface area contributed by atoms with Crippen molar-refractivity contribution < 1.29 is 0 Å². The molecule has 0 aliphatic heterocycles. The van der Waals surface area contributed by atoms with Gasteiger partial charge in [-0.3, -0.25) is 0 Å². The summed E-state index contributed by atoms with van der Waals surface area (Å²) in [6, 6.07) is 93.2. The van der Waals surface area contributed by atoms with Gasteiger partial charge in [0.25, 0.3) is 0 Å². The summed E-state index contributed by atoms with van der Waals surface area (Å²) in [4.78, 5) is 4.77. The first kappa shape index (κ1) is 48.5. The van der Waals surface area contributed by atoms with Crippen LogP contribution in [0.5, 0.6) is 0 Å². The molecule has 0 bridgehead atoms. The van der Waals surface area contributed by atoms with Crippen LogP contribution in [0.3, 0.4) is 0 Å². The molecule has 0 radical (unpaired) electrons. The van der Waals surface area contributed by atoms with E-state index in [9.17, 15) is 0 Å². The third kappa shape index (κ3) is 9.49. The summed E-state index contributed by atoms with van der Waals surface area (Å²) >= 11 is 7.30. The summed E-state index contributed by atoms with van der Waals surface area (Å²) in [6.45, 7) is 6.37. The second kappa shape index (κ2) is 21.0. The minimum absolute atomic E-state index is 1.12. The lowest BCUT2D eigenvalue weighted by molar-refractivity contribution is 1.29. The largest absolute Gasteiger partial charge is 0.356 e. The van der Waals surface area contributed by atoms with Crippen LogP contribution in [-0.2, 0) is 0 Å². The number of anilines is 8.